The van der Waals surface area contributed by atoms with Crippen molar-refractivity contribution in [2.24, 2.45) is 0 Å². The molecule has 0 aliphatic heterocycles. The van der Waals surface area contributed by atoms with Gasteiger partial charge in [0.25, 0.3) is 0 Å². The van der Waals surface area contributed by atoms with Crippen LogP contribution in [0.1, 0.15) is 12.5 Å². The third kappa shape index (κ3) is 3.04. The molecule has 1 atom stereocenters. The van der Waals surface area contributed by atoms with Crippen molar-refractivity contribution in [1.82, 2.24) is 5.32 Å². The van der Waals surface area contributed by atoms with E-state index in [0.717, 1.165) is 4.47 Å². The van der Waals surface area contributed by atoms with Gasteiger partial charge in [-0.3, -0.25) is 0 Å². The summed E-state index contributed by atoms with van der Waals surface area (Å²) in [7, 11) is 0. The minimum atomic E-state index is -0.239. The molecule has 1 unspecified atom stereocenters. The molecule has 1 rings (SSSR count). The number of aliphatic hydroxyl groups excluding tert-OH is 1. The first-order valence-corrected chi connectivity index (χ1v) is 5.21. The molecule has 0 radical (unpaired) electrons. The largest absolute Gasteiger partial charge is 0.395 e. The lowest BCUT2D eigenvalue weighted by atomic mass is 10.2. The van der Waals surface area contributed by atoms with Crippen LogP contribution in [0, 0.1) is 5.82 Å². The molecule has 0 amide bonds. The molecular formula is C10H13BrFNO. The van der Waals surface area contributed by atoms with Gasteiger partial charge in [0.05, 0.1) is 6.61 Å². The zero-order valence-corrected chi connectivity index (χ0v) is 9.51. The zero-order chi connectivity index (χ0) is 10.6. The van der Waals surface area contributed by atoms with Crippen LogP contribution in [0.3, 0.4) is 0 Å². The van der Waals surface area contributed by atoms with Crippen LogP contribution in [0.4, 0.5) is 4.39 Å². The fourth-order valence-corrected chi connectivity index (χ4v) is 1.52. The molecule has 0 aliphatic rings. The number of hydrogen-bond donors (Lipinski definition) is 2. The van der Waals surface area contributed by atoms with E-state index >= 15 is 0 Å². The van der Waals surface area contributed by atoms with Crippen molar-refractivity contribution in [3.8, 4) is 0 Å². The van der Waals surface area contributed by atoms with E-state index in [9.17, 15) is 4.39 Å². The molecule has 2 nitrogen and oxygen atoms in total. The van der Waals surface area contributed by atoms with Crippen LogP contribution in [0.2, 0.25) is 0 Å². The number of rotatable bonds is 4. The lowest BCUT2D eigenvalue weighted by Crippen LogP contribution is -2.29. The van der Waals surface area contributed by atoms with E-state index in [2.05, 4.69) is 21.2 Å². The first-order valence-electron chi connectivity index (χ1n) is 4.42. The Bertz CT molecular complexity index is 286. The van der Waals surface area contributed by atoms with Crippen molar-refractivity contribution in [1.29, 1.82) is 0 Å². The Morgan fingerprint density at radius 2 is 2.29 bits per heavy atom. The van der Waals surface area contributed by atoms with Gasteiger partial charge in [-0.2, -0.15) is 0 Å². The summed E-state index contributed by atoms with van der Waals surface area (Å²) >= 11 is 3.28. The van der Waals surface area contributed by atoms with Gasteiger partial charge in [0.15, 0.2) is 0 Å². The van der Waals surface area contributed by atoms with E-state index in [4.69, 9.17) is 5.11 Å². The predicted molar refractivity (Wildman–Crippen MR) is 57.5 cm³/mol. The smallest absolute Gasteiger partial charge is 0.128 e. The van der Waals surface area contributed by atoms with Gasteiger partial charge in [-0.25, -0.2) is 4.39 Å². The van der Waals surface area contributed by atoms with Crippen molar-refractivity contribution in [2.75, 3.05) is 6.61 Å². The normalized spacial score (nSPS) is 12.9. The van der Waals surface area contributed by atoms with E-state index < -0.39 is 0 Å². The standard InChI is InChI=1S/C10H13BrFNO/c1-7(6-14)13-5-8-9(11)3-2-4-10(8)12/h2-4,7,13-14H,5-6H2,1H3. The second kappa shape index (κ2) is 5.44. The fraction of sp³-hybridized carbons (Fsp3) is 0.400. The Balaban J connectivity index is 2.66. The highest BCUT2D eigenvalue weighted by Gasteiger charge is 2.07. The van der Waals surface area contributed by atoms with Crippen LogP contribution in [-0.4, -0.2) is 17.8 Å². The Labute approximate surface area is 91.3 Å². The van der Waals surface area contributed by atoms with Gasteiger partial charge < -0.3 is 10.4 Å². The molecule has 0 fully saturated rings. The predicted octanol–water partition coefficient (Wildman–Crippen LogP) is 2.06. The van der Waals surface area contributed by atoms with Crippen LogP contribution in [0.25, 0.3) is 0 Å². The molecule has 0 spiro atoms. The molecule has 0 bridgehead atoms. The van der Waals surface area contributed by atoms with Crippen LogP contribution in [0.5, 0.6) is 0 Å². The van der Waals surface area contributed by atoms with E-state index in [0.29, 0.717) is 12.1 Å². The van der Waals surface area contributed by atoms with E-state index in [-0.39, 0.29) is 18.5 Å². The van der Waals surface area contributed by atoms with Crippen LogP contribution >= 0.6 is 15.9 Å². The SMILES string of the molecule is CC(CO)NCc1c(F)cccc1Br. The monoisotopic (exact) mass is 261 g/mol. The molecule has 0 heterocycles. The Hall–Kier alpha value is -0.450. The van der Waals surface area contributed by atoms with Crippen molar-refractivity contribution in [3.05, 3.63) is 34.1 Å². The van der Waals surface area contributed by atoms with Crippen LogP contribution < -0.4 is 5.32 Å². The molecule has 0 saturated carbocycles. The Morgan fingerprint density at radius 1 is 1.57 bits per heavy atom. The summed E-state index contributed by atoms with van der Waals surface area (Å²) < 4.78 is 14.0. The second-order valence-corrected chi connectivity index (χ2v) is 4.02. The van der Waals surface area contributed by atoms with E-state index in [1.54, 1.807) is 12.1 Å². The first kappa shape index (κ1) is 11.6. The van der Waals surface area contributed by atoms with Crippen molar-refractivity contribution in [3.63, 3.8) is 0 Å². The second-order valence-electron chi connectivity index (χ2n) is 3.16. The summed E-state index contributed by atoms with van der Waals surface area (Å²) in [6, 6.07) is 4.84. The molecule has 14 heavy (non-hydrogen) atoms. The maximum Gasteiger partial charge on any atom is 0.128 e. The van der Waals surface area contributed by atoms with E-state index in [1.165, 1.54) is 6.07 Å². The molecule has 0 aliphatic carbocycles. The number of nitrogens with one attached hydrogen (secondary N) is 1. The third-order valence-corrected chi connectivity index (χ3v) is 2.71. The number of hydrogen-bond acceptors (Lipinski definition) is 2. The van der Waals surface area contributed by atoms with Gasteiger partial charge in [0.1, 0.15) is 5.82 Å². The molecule has 78 valence electrons. The van der Waals surface area contributed by atoms with Gasteiger partial charge in [0, 0.05) is 22.6 Å². The van der Waals surface area contributed by atoms with Gasteiger partial charge in [-0.05, 0) is 19.1 Å². The first-order chi connectivity index (χ1) is 6.65. The highest BCUT2D eigenvalue weighted by atomic mass is 79.9. The molecule has 4 heteroatoms. The lowest BCUT2D eigenvalue weighted by Gasteiger charge is -2.12. The Morgan fingerprint density at radius 3 is 2.86 bits per heavy atom. The number of aliphatic hydroxyl groups is 1. The van der Waals surface area contributed by atoms with Crippen molar-refractivity contribution in [2.45, 2.75) is 19.5 Å². The maximum absolute atomic E-state index is 13.3. The van der Waals surface area contributed by atoms with Crippen LogP contribution in [0.15, 0.2) is 22.7 Å². The fourth-order valence-electron chi connectivity index (χ4n) is 1.04. The number of halogens is 2. The quantitative estimate of drug-likeness (QED) is 0.870. The summed E-state index contributed by atoms with van der Waals surface area (Å²) in [5.74, 6) is -0.239. The molecule has 1 aromatic rings. The average Bonchev–Trinajstić information content (AvgIpc) is 2.16. The van der Waals surface area contributed by atoms with Gasteiger partial charge in [-0.15, -0.1) is 0 Å². The molecule has 0 saturated heterocycles. The molecule has 0 aromatic heterocycles. The molecule has 1 aromatic carbocycles. The highest BCUT2D eigenvalue weighted by molar-refractivity contribution is 9.10. The van der Waals surface area contributed by atoms with Gasteiger partial charge >= 0.3 is 0 Å². The van der Waals surface area contributed by atoms with E-state index in [1.807, 2.05) is 6.92 Å². The minimum absolute atomic E-state index is 0.0264. The summed E-state index contributed by atoms with van der Waals surface area (Å²) in [5, 5.41) is 11.8. The molecular weight excluding hydrogens is 249 g/mol. The van der Waals surface area contributed by atoms with Crippen molar-refractivity contribution >= 4 is 15.9 Å². The summed E-state index contributed by atoms with van der Waals surface area (Å²) in [5.41, 5.74) is 0.591. The summed E-state index contributed by atoms with van der Waals surface area (Å²) in [6.45, 7) is 2.30. The molecule has 2 N–H and O–H groups in total. The van der Waals surface area contributed by atoms with Gasteiger partial charge in [0.2, 0.25) is 0 Å². The minimum Gasteiger partial charge on any atom is -0.395 e. The van der Waals surface area contributed by atoms with Gasteiger partial charge in [-0.1, -0.05) is 22.0 Å². The van der Waals surface area contributed by atoms with Crippen molar-refractivity contribution < 1.29 is 9.50 Å². The van der Waals surface area contributed by atoms with Crippen LogP contribution in [-0.2, 0) is 6.54 Å². The third-order valence-electron chi connectivity index (χ3n) is 1.96. The summed E-state index contributed by atoms with van der Waals surface area (Å²) in [4.78, 5) is 0. The number of benzene rings is 1. The Kier molecular flexibility index (Phi) is 4.51. The maximum atomic E-state index is 13.3. The summed E-state index contributed by atoms with van der Waals surface area (Å²) in [6.07, 6.45) is 0. The average molecular weight is 262 g/mol. The topological polar surface area (TPSA) is 32.3 Å². The highest BCUT2D eigenvalue weighted by Crippen LogP contribution is 2.19. The zero-order valence-electron chi connectivity index (χ0n) is 7.93. The lowest BCUT2D eigenvalue weighted by molar-refractivity contribution is 0.250.